The van der Waals surface area contributed by atoms with Crippen LogP contribution in [0.1, 0.15) is 31.7 Å². The van der Waals surface area contributed by atoms with Crippen LogP contribution in [0.3, 0.4) is 0 Å². The Labute approximate surface area is 167 Å². The van der Waals surface area contributed by atoms with E-state index in [-0.39, 0.29) is 12.5 Å². The molecule has 1 saturated heterocycles. The fourth-order valence-corrected chi connectivity index (χ4v) is 3.56. The van der Waals surface area contributed by atoms with Gasteiger partial charge in [0.25, 0.3) is 5.91 Å². The number of anilines is 1. The van der Waals surface area contributed by atoms with Gasteiger partial charge in [-0.15, -0.1) is 0 Å². The van der Waals surface area contributed by atoms with Crippen molar-refractivity contribution in [1.82, 2.24) is 4.90 Å². The first-order valence-corrected chi connectivity index (χ1v) is 10.0. The molecule has 1 amide bonds. The average molecular weight is 383 g/mol. The lowest BCUT2D eigenvalue weighted by Crippen LogP contribution is -2.50. The van der Waals surface area contributed by atoms with Crippen LogP contribution in [0.25, 0.3) is 0 Å². The van der Waals surface area contributed by atoms with E-state index in [1.54, 1.807) is 7.11 Å². The Balaban J connectivity index is 1.55. The molecule has 1 aliphatic rings. The van der Waals surface area contributed by atoms with E-state index in [2.05, 4.69) is 30.9 Å². The van der Waals surface area contributed by atoms with Gasteiger partial charge < -0.3 is 19.3 Å². The van der Waals surface area contributed by atoms with E-state index in [4.69, 9.17) is 9.47 Å². The number of rotatable bonds is 7. The van der Waals surface area contributed by atoms with Crippen molar-refractivity contribution in [2.45, 2.75) is 26.2 Å². The van der Waals surface area contributed by atoms with E-state index in [1.807, 2.05) is 41.3 Å². The van der Waals surface area contributed by atoms with Gasteiger partial charge in [-0.3, -0.25) is 4.79 Å². The summed E-state index contributed by atoms with van der Waals surface area (Å²) in [4.78, 5) is 16.8. The lowest BCUT2D eigenvalue weighted by Gasteiger charge is -2.36. The summed E-state index contributed by atoms with van der Waals surface area (Å²) in [5.41, 5.74) is 2.25. The van der Waals surface area contributed by atoms with Gasteiger partial charge in [-0.25, -0.2) is 0 Å². The summed E-state index contributed by atoms with van der Waals surface area (Å²) in [7, 11) is 1.69. The molecule has 3 rings (SSSR count). The summed E-state index contributed by atoms with van der Waals surface area (Å²) in [6, 6.07) is 16.0. The summed E-state index contributed by atoms with van der Waals surface area (Å²) >= 11 is 0. The average Bonchev–Trinajstić information content (AvgIpc) is 2.77. The molecule has 2 aromatic rings. The maximum atomic E-state index is 12.6. The van der Waals surface area contributed by atoms with Gasteiger partial charge in [-0.05, 0) is 36.1 Å². The highest BCUT2D eigenvalue weighted by Crippen LogP contribution is 2.29. The van der Waals surface area contributed by atoms with Crippen LogP contribution in [-0.4, -0.2) is 50.7 Å². The maximum absolute atomic E-state index is 12.6. The highest BCUT2D eigenvalue weighted by Gasteiger charge is 2.23. The molecule has 1 unspecified atom stereocenters. The van der Waals surface area contributed by atoms with Crippen molar-refractivity contribution in [3.05, 3.63) is 54.1 Å². The normalized spacial score (nSPS) is 15.2. The molecule has 5 heteroatoms. The van der Waals surface area contributed by atoms with Crippen molar-refractivity contribution in [3.63, 3.8) is 0 Å². The van der Waals surface area contributed by atoms with E-state index in [0.717, 1.165) is 36.7 Å². The van der Waals surface area contributed by atoms with Crippen molar-refractivity contribution in [2.75, 3.05) is 44.8 Å². The van der Waals surface area contributed by atoms with E-state index >= 15 is 0 Å². The lowest BCUT2D eigenvalue weighted by molar-refractivity contribution is -0.133. The molecule has 1 fully saturated rings. The molecule has 0 aromatic heterocycles. The van der Waals surface area contributed by atoms with Gasteiger partial charge in [0.2, 0.25) is 0 Å². The van der Waals surface area contributed by atoms with Crippen molar-refractivity contribution < 1.29 is 14.3 Å². The number of nitrogens with zero attached hydrogens (tertiary/aromatic N) is 2. The number of benzene rings is 2. The number of piperazine rings is 1. The van der Waals surface area contributed by atoms with E-state index in [1.165, 1.54) is 5.56 Å². The lowest BCUT2D eigenvalue weighted by atomic mass is 9.98. The highest BCUT2D eigenvalue weighted by atomic mass is 16.5. The molecule has 0 saturated carbocycles. The second kappa shape index (κ2) is 9.49. The van der Waals surface area contributed by atoms with Crippen molar-refractivity contribution >= 4 is 11.6 Å². The second-order valence-corrected chi connectivity index (χ2v) is 7.18. The molecule has 2 aromatic carbocycles. The molecular formula is C23H30N2O3. The second-order valence-electron chi connectivity index (χ2n) is 7.18. The first-order valence-electron chi connectivity index (χ1n) is 10.0. The van der Waals surface area contributed by atoms with Gasteiger partial charge in [0, 0.05) is 26.2 Å². The molecule has 1 aliphatic heterocycles. The molecule has 28 heavy (non-hydrogen) atoms. The van der Waals surface area contributed by atoms with Crippen LogP contribution < -0.4 is 14.4 Å². The van der Waals surface area contributed by atoms with Gasteiger partial charge in [0.1, 0.15) is 11.5 Å². The zero-order valence-corrected chi connectivity index (χ0v) is 17.1. The fraction of sp³-hybridized carbons (Fsp3) is 0.435. The topological polar surface area (TPSA) is 42.0 Å². The number of para-hydroxylation sites is 3. The molecule has 0 N–H and O–H groups in total. The largest absolute Gasteiger partial charge is 0.495 e. The number of carbonyl (C=O) groups is 1. The van der Waals surface area contributed by atoms with Crippen LogP contribution in [0.5, 0.6) is 11.5 Å². The zero-order valence-electron chi connectivity index (χ0n) is 17.1. The third-order valence-electron chi connectivity index (χ3n) is 5.47. The van der Waals surface area contributed by atoms with Crippen molar-refractivity contribution in [2.24, 2.45) is 0 Å². The predicted molar refractivity (Wildman–Crippen MR) is 112 cm³/mol. The van der Waals surface area contributed by atoms with E-state index < -0.39 is 0 Å². The van der Waals surface area contributed by atoms with Crippen molar-refractivity contribution in [3.8, 4) is 11.5 Å². The molecule has 0 bridgehead atoms. The Morgan fingerprint density at radius 1 is 1.00 bits per heavy atom. The molecule has 150 valence electrons. The zero-order chi connectivity index (χ0) is 19.9. The van der Waals surface area contributed by atoms with Gasteiger partial charge >= 0.3 is 0 Å². The molecule has 0 aliphatic carbocycles. The number of methoxy groups -OCH3 is 1. The van der Waals surface area contributed by atoms with Crippen LogP contribution in [0.2, 0.25) is 0 Å². The molecular weight excluding hydrogens is 352 g/mol. The quantitative estimate of drug-likeness (QED) is 0.727. The highest BCUT2D eigenvalue weighted by molar-refractivity contribution is 5.78. The Morgan fingerprint density at radius 3 is 2.32 bits per heavy atom. The molecule has 1 heterocycles. The minimum Gasteiger partial charge on any atom is -0.495 e. The molecule has 0 spiro atoms. The monoisotopic (exact) mass is 382 g/mol. The SMILES string of the molecule is CCC(C)c1ccccc1OCC(=O)N1CCN(c2ccccc2OC)CC1. The van der Waals surface area contributed by atoms with Crippen LogP contribution in [0.15, 0.2) is 48.5 Å². The Morgan fingerprint density at radius 2 is 1.64 bits per heavy atom. The summed E-state index contributed by atoms with van der Waals surface area (Å²) in [5, 5.41) is 0. The summed E-state index contributed by atoms with van der Waals surface area (Å²) in [6.07, 6.45) is 1.04. The standard InChI is InChI=1S/C23H30N2O3/c1-4-18(2)19-9-5-7-11-21(19)28-17-23(26)25-15-13-24(14-16-25)20-10-6-8-12-22(20)27-3/h5-12,18H,4,13-17H2,1-3H3. The fourth-order valence-electron chi connectivity index (χ4n) is 3.56. The third-order valence-corrected chi connectivity index (χ3v) is 5.47. The number of hydrogen-bond acceptors (Lipinski definition) is 4. The van der Waals surface area contributed by atoms with Gasteiger partial charge in [0.15, 0.2) is 6.61 Å². The molecule has 5 nitrogen and oxygen atoms in total. The maximum Gasteiger partial charge on any atom is 0.260 e. The van der Waals surface area contributed by atoms with Gasteiger partial charge in [0.05, 0.1) is 12.8 Å². The number of ether oxygens (including phenoxy) is 2. The van der Waals surface area contributed by atoms with E-state index in [0.29, 0.717) is 19.0 Å². The molecule has 1 atom stereocenters. The van der Waals surface area contributed by atoms with Crippen LogP contribution in [0, 0.1) is 0 Å². The summed E-state index contributed by atoms with van der Waals surface area (Å²) in [6.45, 7) is 7.38. The summed E-state index contributed by atoms with van der Waals surface area (Å²) in [5.74, 6) is 2.14. The molecule has 0 radical (unpaired) electrons. The smallest absolute Gasteiger partial charge is 0.260 e. The number of amides is 1. The Kier molecular flexibility index (Phi) is 6.80. The number of hydrogen-bond donors (Lipinski definition) is 0. The summed E-state index contributed by atoms with van der Waals surface area (Å²) < 4.78 is 11.4. The minimum atomic E-state index is 0.0404. The third kappa shape index (κ3) is 4.58. The Hall–Kier alpha value is -2.69. The minimum absolute atomic E-state index is 0.0404. The van der Waals surface area contributed by atoms with Crippen LogP contribution in [-0.2, 0) is 4.79 Å². The Bertz CT molecular complexity index is 785. The first kappa shape index (κ1) is 20.1. The van der Waals surface area contributed by atoms with Gasteiger partial charge in [-0.2, -0.15) is 0 Å². The van der Waals surface area contributed by atoms with Crippen LogP contribution >= 0.6 is 0 Å². The number of carbonyl (C=O) groups excluding carboxylic acids is 1. The predicted octanol–water partition coefficient (Wildman–Crippen LogP) is 3.94. The first-order chi connectivity index (χ1) is 13.6. The van der Waals surface area contributed by atoms with Crippen molar-refractivity contribution in [1.29, 1.82) is 0 Å². The van der Waals surface area contributed by atoms with Gasteiger partial charge in [-0.1, -0.05) is 44.2 Å². The van der Waals surface area contributed by atoms with Crippen LogP contribution in [0.4, 0.5) is 5.69 Å². The van der Waals surface area contributed by atoms with E-state index in [9.17, 15) is 4.79 Å².